The number of benzene rings is 2. The molecule has 28 heavy (non-hydrogen) atoms. The molecule has 0 bridgehead atoms. The highest BCUT2D eigenvalue weighted by Gasteiger charge is 2.26. The van der Waals surface area contributed by atoms with Gasteiger partial charge in [0.1, 0.15) is 0 Å². The first-order valence-electron chi connectivity index (χ1n) is 10.2. The smallest absolute Gasteiger partial charge is 0.336 e. The summed E-state index contributed by atoms with van der Waals surface area (Å²) in [6.45, 7) is 4.42. The zero-order valence-corrected chi connectivity index (χ0v) is 16.6. The Morgan fingerprint density at radius 1 is 1.07 bits per heavy atom. The minimum atomic E-state index is -1.07. The highest BCUT2D eigenvalue weighted by atomic mass is 19.2. The first-order chi connectivity index (χ1) is 13.4. The number of rotatable bonds is 6. The van der Waals surface area contributed by atoms with Gasteiger partial charge in [-0.05, 0) is 65.5 Å². The van der Waals surface area contributed by atoms with E-state index in [2.05, 4.69) is 13.8 Å². The van der Waals surface area contributed by atoms with Crippen LogP contribution in [0.4, 0.5) is 8.78 Å². The summed E-state index contributed by atoms with van der Waals surface area (Å²) in [6, 6.07) is 8.86. The summed E-state index contributed by atoms with van der Waals surface area (Å²) < 4.78 is 27.0. The fraction of sp³-hybridized carbons (Fsp3) is 0.458. The number of carboxylic acids is 1. The summed E-state index contributed by atoms with van der Waals surface area (Å²) in [5, 5.41) is 9.54. The molecule has 0 heterocycles. The number of hydrogen-bond acceptors (Lipinski definition) is 1. The SMILES string of the molecule is CCCC1CCC(C(C)c2ccc(C(=O)O)c(-c3ccc(F)c(F)c3)c2)CC1. The zero-order chi connectivity index (χ0) is 20.3. The van der Waals surface area contributed by atoms with Gasteiger partial charge in [-0.3, -0.25) is 0 Å². The molecule has 1 saturated carbocycles. The number of carboxylic acid groups (broad SMARTS) is 1. The van der Waals surface area contributed by atoms with E-state index in [-0.39, 0.29) is 5.56 Å². The zero-order valence-electron chi connectivity index (χ0n) is 16.6. The second-order valence-electron chi connectivity index (χ2n) is 8.10. The summed E-state index contributed by atoms with van der Waals surface area (Å²) in [5.74, 6) is -1.27. The van der Waals surface area contributed by atoms with E-state index in [1.54, 1.807) is 6.07 Å². The summed E-state index contributed by atoms with van der Waals surface area (Å²) in [6.07, 6.45) is 7.42. The molecule has 0 aliphatic heterocycles. The van der Waals surface area contributed by atoms with E-state index in [0.29, 0.717) is 23.0 Å². The molecular weight excluding hydrogens is 358 g/mol. The Labute approximate surface area is 165 Å². The van der Waals surface area contributed by atoms with Crippen molar-refractivity contribution in [1.82, 2.24) is 0 Å². The molecular formula is C24H28F2O2. The molecule has 2 aromatic rings. The maximum Gasteiger partial charge on any atom is 0.336 e. The topological polar surface area (TPSA) is 37.3 Å². The van der Waals surface area contributed by atoms with Crippen molar-refractivity contribution < 1.29 is 18.7 Å². The van der Waals surface area contributed by atoms with Crippen LogP contribution in [0.2, 0.25) is 0 Å². The lowest BCUT2D eigenvalue weighted by molar-refractivity contribution is 0.0697. The molecule has 1 aliphatic carbocycles. The van der Waals surface area contributed by atoms with Crippen LogP contribution in [0.5, 0.6) is 0 Å². The highest BCUT2D eigenvalue weighted by Crippen LogP contribution is 2.40. The molecule has 150 valence electrons. The van der Waals surface area contributed by atoms with Crippen molar-refractivity contribution in [2.24, 2.45) is 11.8 Å². The van der Waals surface area contributed by atoms with Crippen LogP contribution in [-0.2, 0) is 0 Å². The van der Waals surface area contributed by atoms with Crippen LogP contribution in [0.15, 0.2) is 36.4 Å². The van der Waals surface area contributed by atoms with E-state index in [4.69, 9.17) is 0 Å². The van der Waals surface area contributed by atoms with Crippen molar-refractivity contribution in [2.45, 2.75) is 58.3 Å². The van der Waals surface area contributed by atoms with Crippen LogP contribution in [-0.4, -0.2) is 11.1 Å². The molecule has 0 aromatic heterocycles. The van der Waals surface area contributed by atoms with Gasteiger partial charge in [-0.25, -0.2) is 13.6 Å². The molecule has 1 fully saturated rings. The van der Waals surface area contributed by atoms with Crippen LogP contribution >= 0.6 is 0 Å². The van der Waals surface area contributed by atoms with Crippen molar-refractivity contribution >= 4 is 5.97 Å². The molecule has 1 aliphatic rings. The molecule has 0 radical (unpaired) electrons. The van der Waals surface area contributed by atoms with Gasteiger partial charge in [0.05, 0.1) is 5.56 Å². The minimum absolute atomic E-state index is 0.105. The molecule has 2 aromatic carbocycles. The van der Waals surface area contributed by atoms with Gasteiger partial charge in [-0.15, -0.1) is 0 Å². The van der Waals surface area contributed by atoms with Crippen LogP contribution in [0.3, 0.4) is 0 Å². The van der Waals surface area contributed by atoms with Crippen LogP contribution in [0, 0.1) is 23.5 Å². The molecule has 3 rings (SSSR count). The Kier molecular flexibility index (Phi) is 6.48. The van der Waals surface area contributed by atoms with Crippen molar-refractivity contribution in [3.05, 3.63) is 59.2 Å². The Bertz CT molecular complexity index is 838. The predicted octanol–water partition coefficient (Wildman–Crippen LogP) is 7.04. The van der Waals surface area contributed by atoms with E-state index in [9.17, 15) is 18.7 Å². The fourth-order valence-electron chi connectivity index (χ4n) is 4.59. The molecule has 0 spiro atoms. The van der Waals surface area contributed by atoms with E-state index in [1.165, 1.54) is 44.6 Å². The van der Waals surface area contributed by atoms with Crippen molar-refractivity contribution in [2.75, 3.05) is 0 Å². The second kappa shape index (κ2) is 8.85. The number of halogens is 2. The average Bonchev–Trinajstić information content (AvgIpc) is 2.70. The summed E-state index contributed by atoms with van der Waals surface area (Å²) in [5.41, 5.74) is 1.99. The van der Waals surface area contributed by atoms with Crippen molar-refractivity contribution in [1.29, 1.82) is 0 Å². The first-order valence-corrected chi connectivity index (χ1v) is 10.2. The van der Waals surface area contributed by atoms with Crippen LogP contribution in [0.1, 0.15) is 74.2 Å². The van der Waals surface area contributed by atoms with Crippen molar-refractivity contribution in [3.8, 4) is 11.1 Å². The van der Waals surface area contributed by atoms with Crippen molar-refractivity contribution in [3.63, 3.8) is 0 Å². The maximum atomic E-state index is 13.7. The highest BCUT2D eigenvalue weighted by molar-refractivity contribution is 5.96. The molecule has 0 saturated heterocycles. The molecule has 1 unspecified atom stereocenters. The van der Waals surface area contributed by atoms with Gasteiger partial charge in [0.25, 0.3) is 0 Å². The molecule has 0 amide bonds. The standard InChI is InChI=1S/C24H28F2O2/c1-3-4-16-5-7-17(8-6-16)15(2)18-9-11-20(24(27)28)21(13-18)19-10-12-22(25)23(26)14-19/h9-17H,3-8H2,1-2H3,(H,27,28). The van der Waals surface area contributed by atoms with Gasteiger partial charge in [0.15, 0.2) is 11.6 Å². The van der Waals surface area contributed by atoms with Crippen LogP contribution in [0.25, 0.3) is 11.1 Å². The number of carbonyl (C=O) groups is 1. The lowest BCUT2D eigenvalue weighted by atomic mass is 9.73. The summed E-state index contributed by atoms with van der Waals surface area (Å²) in [7, 11) is 0. The third-order valence-electron chi connectivity index (χ3n) is 6.33. The first kappa shape index (κ1) is 20.5. The summed E-state index contributed by atoms with van der Waals surface area (Å²) in [4.78, 5) is 11.7. The Morgan fingerprint density at radius 2 is 1.79 bits per heavy atom. The predicted molar refractivity (Wildman–Crippen MR) is 108 cm³/mol. The molecule has 1 N–H and O–H groups in total. The molecule has 4 heteroatoms. The third-order valence-corrected chi connectivity index (χ3v) is 6.33. The number of hydrogen-bond donors (Lipinski definition) is 1. The normalized spacial score (nSPS) is 20.7. The molecule has 2 nitrogen and oxygen atoms in total. The van der Waals surface area contributed by atoms with Gasteiger partial charge in [0, 0.05) is 0 Å². The largest absolute Gasteiger partial charge is 0.478 e. The Morgan fingerprint density at radius 3 is 2.39 bits per heavy atom. The number of aromatic carboxylic acids is 1. The lowest BCUT2D eigenvalue weighted by Gasteiger charge is -2.32. The van der Waals surface area contributed by atoms with Crippen LogP contribution < -0.4 is 0 Å². The summed E-state index contributed by atoms with van der Waals surface area (Å²) >= 11 is 0. The quantitative estimate of drug-likeness (QED) is 0.578. The second-order valence-corrected chi connectivity index (χ2v) is 8.10. The maximum absolute atomic E-state index is 13.7. The van der Waals surface area contributed by atoms with Gasteiger partial charge < -0.3 is 5.11 Å². The van der Waals surface area contributed by atoms with E-state index >= 15 is 0 Å². The third kappa shape index (κ3) is 4.43. The minimum Gasteiger partial charge on any atom is -0.478 e. The molecule has 1 atom stereocenters. The fourth-order valence-corrected chi connectivity index (χ4v) is 4.59. The Hall–Kier alpha value is -2.23. The lowest BCUT2D eigenvalue weighted by Crippen LogP contribution is -2.19. The monoisotopic (exact) mass is 386 g/mol. The van der Waals surface area contributed by atoms with Gasteiger partial charge >= 0.3 is 5.97 Å². The van der Waals surface area contributed by atoms with Gasteiger partial charge in [-0.2, -0.15) is 0 Å². The van der Waals surface area contributed by atoms with E-state index < -0.39 is 17.6 Å². The van der Waals surface area contributed by atoms with E-state index in [1.807, 2.05) is 12.1 Å². The van der Waals surface area contributed by atoms with E-state index in [0.717, 1.165) is 23.6 Å². The van der Waals surface area contributed by atoms with Gasteiger partial charge in [-0.1, -0.05) is 57.7 Å². The Balaban J connectivity index is 1.88. The van der Waals surface area contributed by atoms with Gasteiger partial charge in [0.2, 0.25) is 0 Å². The average molecular weight is 386 g/mol.